The Kier molecular flexibility index (Phi) is 5.44. The van der Waals surface area contributed by atoms with E-state index in [2.05, 4.69) is 0 Å². The number of carboxylic acids is 1. The van der Waals surface area contributed by atoms with Crippen LogP contribution in [0.2, 0.25) is 0 Å². The monoisotopic (exact) mass is 258 g/mol. The average molecular weight is 258 g/mol. The summed E-state index contributed by atoms with van der Waals surface area (Å²) in [7, 11) is 0. The Morgan fingerprint density at radius 3 is 2.82 bits per heavy atom. The molecule has 5 heteroatoms. The summed E-state index contributed by atoms with van der Waals surface area (Å²) in [5.41, 5.74) is 0.613. The summed E-state index contributed by atoms with van der Waals surface area (Å²) in [5, 5.41) is 17.9. The number of hydrogen-bond donors (Lipinski definition) is 2. The van der Waals surface area contributed by atoms with Crippen molar-refractivity contribution in [3.05, 3.63) is 35.1 Å². The fourth-order valence-corrected chi connectivity index (χ4v) is 2.36. The quantitative estimate of drug-likeness (QED) is 0.823. The van der Waals surface area contributed by atoms with Gasteiger partial charge in [-0.05, 0) is 30.2 Å². The molecular formula is C12H15FO3S. The van der Waals surface area contributed by atoms with Crippen molar-refractivity contribution in [1.29, 1.82) is 0 Å². The normalized spacial score (nSPS) is 12.4. The Labute approximate surface area is 104 Å². The lowest BCUT2D eigenvalue weighted by Crippen LogP contribution is -2.05. The predicted octanol–water partition coefficient (Wildman–Crippen LogP) is 2.53. The maximum atomic E-state index is 13.0. The van der Waals surface area contributed by atoms with Gasteiger partial charge in [-0.2, -0.15) is 11.8 Å². The van der Waals surface area contributed by atoms with Crippen LogP contribution in [0.4, 0.5) is 4.39 Å². The Morgan fingerprint density at radius 2 is 2.24 bits per heavy atom. The number of thioether (sulfide) groups is 1. The van der Waals surface area contributed by atoms with Crippen molar-refractivity contribution in [3.63, 3.8) is 0 Å². The van der Waals surface area contributed by atoms with E-state index >= 15 is 0 Å². The van der Waals surface area contributed by atoms with Gasteiger partial charge in [-0.3, -0.25) is 0 Å². The van der Waals surface area contributed by atoms with Crippen LogP contribution < -0.4 is 0 Å². The second kappa shape index (κ2) is 6.61. The van der Waals surface area contributed by atoms with Crippen LogP contribution >= 0.6 is 11.8 Å². The number of aliphatic hydroxyl groups excluding tert-OH is 1. The summed E-state index contributed by atoms with van der Waals surface area (Å²) in [6, 6.07) is 3.68. The Hall–Kier alpha value is -1.07. The van der Waals surface area contributed by atoms with Gasteiger partial charge >= 0.3 is 5.97 Å². The number of rotatable bonds is 6. The van der Waals surface area contributed by atoms with E-state index < -0.39 is 11.8 Å². The van der Waals surface area contributed by atoms with Gasteiger partial charge in [-0.1, -0.05) is 6.92 Å². The van der Waals surface area contributed by atoms with Crippen molar-refractivity contribution in [2.45, 2.75) is 24.3 Å². The molecule has 0 heterocycles. The number of halogens is 1. The van der Waals surface area contributed by atoms with Gasteiger partial charge in [0.05, 0.1) is 5.56 Å². The molecule has 0 saturated heterocycles. The molecule has 17 heavy (non-hydrogen) atoms. The first kappa shape index (κ1) is 14.0. The number of carbonyl (C=O) groups is 1. The number of hydrogen-bond acceptors (Lipinski definition) is 3. The van der Waals surface area contributed by atoms with Crippen LogP contribution in [0.15, 0.2) is 18.2 Å². The zero-order valence-corrected chi connectivity index (χ0v) is 10.3. The van der Waals surface area contributed by atoms with Gasteiger partial charge < -0.3 is 10.2 Å². The molecule has 0 aliphatic heterocycles. The smallest absolute Gasteiger partial charge is 0.335 e. The van der Waals surface area contributed by atoms with Gasteiger partial charge in [0.2, 0.25) is 0 Å². The molecule has 0 radical (unpaired) electrons. The molecule has 0 fully saturated rings. The molecule has 94 valence electrons. The van der Waals surface area contributed by atoms with Gasteiger partial charge in [-0.15, -0.1) is 0 Å². The largest absolute Gasteiger partial charge is 0.478 e. The molecule has 0 bridgehead atoms. The molecule has 0 aliphatic carbocycles. The molecule has 0 amide bonds. The highest BCUT2D eigenvalue weighted by Crippen LogP contribution is 2.23. The first-order valence-corrected chi connectivity index (χ1v) is 6.33. The second-order valence-electron chi connectivity index (χ2n) is 3.74. The first-order valence-electron chi connectivity index (χ1n) is 5.28. The van der Waals surface area contributed by atoms with Gasteiger partial charge in [0, 0.05) is 17.6 Å². The molecule has 1 atom stereocenters. The summed E-state index contributed by atoms with van der Waals surface area (Å²) in [6.07, 6.45) is 0.641. The highest BCUT2D eigenvalue weighted by molar-refractivity contribution is 7.99. The fourth-order valence-electron chi connectivity index (χ4n) is 1.39. The highest BCUT2D eigenvalue weighted by Gasteiger charge is 2.12. The van der Waals surface area contributed by atoms with Crippen molar-refractivity contribution in [2.24, 2.45) is 0 Å². The molecule has 3 nitrogen and oxygen atoms in total. The van der Waals surface area contributed by atoms with Gasteiger partial charge in [0.25, 0.3) is 0 Å². The zero-order valence-electron chi connectivity index (χ0n) is 9.52. The van der Waals surface area contributed by atoms with E-state index in [0.29, 0.717) is 17.7 Å². The van der Waals surface area contributed by atoms with Crippen LogP contribution in [0.25, 0.3) is 0 Å². The van der Waals surface area contributed by atoms with E-state index in [1.54, 1.807) is 0 Å². The minimum atomic E-state index is -1.05. The Morgan fingerprint density at radius 1 is 1.53 bits per heavy atom. The third-order valence-electron chi connectivity index (χ3n) is 2.36. The van der Waals surface area contributed by atoms with Gasteiger partial charge in [-0.25, -0.2) is 9.18 Å². The van der Waals surface area contributed by atoms with Crippen molar-refractivity contribution >= 4 is 17.7 Å². The third kappa shape index (κ3) is 4.36. The molecule has 2 N–H and O–H groups in total. The molecule has 0 aromatic heterocycles. The van der Waals surface area contributed by atoms with Crippen LogP contribution in [0, 0.1) is 5.82 Å². The van der Waals surface area contributed by atoms with Crippen LogP contribution in [0.5, 0.6) is 0 Å². The van der Waals surface area contributed by atoms with Crippen molar-refractivity contribution in [1.82, 2.24) is 0 Å². The average Bonchev–Trinajstić information content (AvgIpc) is 2.26. The van der Waals surface area contributed by atoms with E-state index in [1.807, 2.05) is 6.92 Å². The van der Waals surface area contributed by atoms with E-state index in [0.717, 1.165) is 6.07 Å². The Balaban J connectivity index is 2.75. The lowest BCUT2D eigenvalue weighted by molar-refractivity contribution is 0.0696. The molecule has 1 rings (SSSR count). The van der Waals surface area contributed by atoms with Crippen molar-refractivity contribution in [2.75, 3.05) is 6.61 Å². The summed E-state index contributed by atoms with van der Waals surface area (Å²) in [6.45, 7) is 2.05. The SMILES string of the molecule is CC(CCO)SCc1cc(F)ccc1C(=O)O. The Bertz CT molecular complexity index is 395. The van der Waals surface area contributed by atoms with Crippen molar-refractivity contribution in [3.8, 4) is 0 Å². The second-order valence-corrected chi connectivity index (χ2v) is 5.17. The predicted molar refractivity (Wildman–Crippen MR) is 65.8 cm³/mol. The minimum absolute atomic E-state index is 0.100. The summed E-state index contributed by atoms with van der Waals surface area (Å²) < 4.78 is 13.0. The molecule has 0 spiro atoms. The highest BCUT2D eigenvalue weighted by atomic mass is 32.2. The molecule has 1 aromatic rings. The number of aromatic carboxylic acids is 1. The summed E-state index contributed by atoms with van der Waals surface area (Å²) in [5.74, 6) is -1.04. The number of carboxylic acid groups (broad SMARTS) is 1. The maximum absolute atomic E-state index is 13.0. The maximum Gasteiger partial charge on any atom is 0.335 e. The topological polar surface area (TPSA) is 57.5 Å². The molecule has 0 aliphatic rings. The van der Waals surface area contributed by atoms with E-state index in [-0.39, 0.29) is 17.4 Å². The standard InChI is InChI=1S/C12H15FO3S/c1-8(4-5-14)17-7-9-6-10(13)2-3-11(9)12(15)16/h2-3,6,8,14H,4-5,7H2,1H3,(H,15,16). The molecule has 0 saturated carbocycles. The van der Waals surface area contributed by atoms with Crippen LogP contribution in [-0.4, -0.2) is 28.0 Å². The first-order chi connectivity index (χ1) is 8.04. The summed E-state index contributed by atoms with van der Waals surface area (Å²) >= 11 is 1.50. The number of aliphatic hydroxyl groups is 1. The minimum Gasteiger partial charge on any atom is -0.478 e. The lowest BCUT2D eigenvalue weighted by atomic mass is 10.1. The molecule has 1 aromatic carbocycles. The van der Waals surface area contributed by atoms with Crippen molar-refractivity contribution < 1.29 is 19.4 Å². The molecule has 1 unspecified atom stereocenters. The zero-order chi connectivity index (χ0) is 12.8. The van der Waals surface area contributed by atoms with E-state index in [4.69, 9.17) is 10.2 Å². The van der Waals surface area contributed by atoms with E-state index in [1.165, 1.54) is 23.9 Å². The van der Waals surface area contributed by atoms with Crippen LogP contribution in [0.3, 0.4) is 0 Å². The lowest BCUT2D eigenvalue weighted by Gasteiger charge is -2.11. The van der Waals surface area contributed by atoms with Gasteiger partial charge in [0.15, 0.2) is 0 Å². The van der Waals surface area contributed by atoms with Crippen LogP contribution in [-0.2, 0) is 5.75 Å². The van der Waals surface area contributed by atoms with Crippen LogP contribution in [0.1, 0.15) is 29.3 Å². The molecular weight excluding hydrogens is 243 g/mol. The number of benzene rings is 1. The summed E-state index contributed by atoms with van der Waals surface area (Å²) in [4.78, 5) is 10.9. The third-order valence-corrected chi connectivity index (χ3v) is 3.64. The fraction of sp³-hybridized carbons (Fsp3) is 0.417. The van der Waals surface area contributed by atoms with Gasteiger partial charge in [0.1, 0.15) is 5.82 Å². The van der Waals surface area contributed by atoms with E-state index in [9.17, 15) is 9.18 Å².